The van der Waals surface area contributed by atoms with Crippen LogP contribution in [0.2, 0.25) is 0 Å². The molecule has 0 aromatic heterocycles. The molecule has 0 radical (unpaired) electrons. The number of aliphatic hydroxyl groups is 1. The molecule has 1 N–H and O–H groups in total. The maximum atomic E-state index is 11.4. The van der Waals surface area contributed by atoms with Crippen LogP contribution in [0.5, 0.6) is 0 Å². The second kappa shape index (κ2) is 21.7. The zero-order valence-electron chi connectivity index (χ0n) is 19.0. The van der Waals surface area contributed by atoms with E-state index in [-0.39, 0.29) is 57.5 Å². The predicted molar refractivity (Wildman–Crippen MR) is 114 cm³/mol. The van der Waals surface area contributed by atoms with E-state index in [9.17, 15) is 18.1 Å². The summed E-state index contributed by atoms with van der Waals surface area (Å²) in [6.07, 6.45) is 17.9. The van der Waals surface area contributed by atoms with E-state index in [4.69, 9.17) is 0 Å². The fraction of sp³-hybridized carbons (Fsp3) is 1.00. The van der Waals surface area contributed by atoms with Gasteiger partial charge in [-0.05, 0) is 32.1 Å². The second-order valence-electron chi connectivity index (χ2n) is 8.17. The third kappa shape index (κ3) is 20.8. The molecule has 0 bridgehead atoms. The van der Waals surface area contributed by atoms with Crippen LogP contribution in [0.4, 0.5) is 0 Å². The molecule has 0 spiro atoms. The normalized spacial score (nSPS) is 13.9. The first-order valence-corrected chi connectivity index (χ1v) is 13.0. The smallest absolute Gasteiger partial charge is 0.748 e. The molecular weight excluding hydrogens is 399 g/mol. The van der Waals surface area contributed by atoms with Crippen LogP contribution >= 0.6 is 0 Å². The monoisotopic (exact) mass is 444 g/mol. The fourth-order valence-electron chi connectivity index (χ4n) is 3.65. The van der Waals surface area contributed by atoms with Crippen molar-refractivity contribution in [1.29, 1.82) is 0 Å². The number of unbranched alkanes of at least 4 members (excludes halogenated alkanes) is 11. The molecule has 0 aliphatic rings. The average molecular weight is 445 g/mol. The Morgan fingerprint density at radius 2 is 1.00 bits per heavy atom. The topological polar surface area (TPSA) is 77.4 Å². The Morgan fingerprint density at radius 1 is 0.643 bits per heavy atom. The Morgan fingerprint density at radius 3 is 1.50 bits per heavy atom. The van der Waals surface area contributed by atoms with Gasteiger partial charge in [0.05, 0.1) is 16.2 Å². The van der Waals surface area contributed by atoms with Crippen molar-refractivity contribution >= 4 is 10.1 Å². The van der Waals surface area contributed by atoms with Crippen molar-refractivity contribution in [3.8, 4) is 0 Å². The molecule has 0 aliphatic carbocycles. The van der Waals surface area contributed by atoms with Gasteiger partial charge >= 0.3 is 51.4 Å². The van der Waals surface area contributed by atoms with E-state index in [1.165, 1.54) is 51.4 Å². The van der Waals surface area contributed by atoms with E-state index < -0.39 is 15.4 Å². The quantitative estimate of drug-likeness (QED) is 0.177. The van der Waals surface area contributed by atoms with Crippen LogP contribution in [-0.4, -0.2) is 29.4 Å². The van der Waals surface area contributed by atoms with Crippen molar-refractivity contribution in [2.24, 2.45) is 0 Å². The molecule has 164 valence electrons. The molecule has 0 fully saturated rings. The van der Waals surface area contributed by atoms with E-state index in [0.717, 1.165) is 38.5 Å². The van der Waals surface area contributed by atoms with Crippen LogP contribution < -0.4 is 51.4 Å². The second-order valence-corrected chi connectivity index (χ2v) is 9.82. The predicted octanol–water partition coefficient (Wildman–Crippen LogP) is 3.33. The van der Waals surface area contributed by atoms with E-state index >= 15 is 0 Å². The largest absolute Gasteiger partial charge is 1.00 e. The van der Waals surface area contributed by atoms with Gasteiger partial charge in [-0.1, -0.05) is 97.3 Å². The van der Waals surface area contributed by atoms with Crippen LogP contribution in [0.15, 0.2) is 0 Å². The molecule has 28 heavy (non-hydrogen) atoms. The number of hydrogen-bond donors (Lipinski definition) is 1. The molecule has 0 heterocycles. The van der Waals surface area contributed by atoms with E-state index in [2.05, 4.69) is 13.8 Å². The van der Waals surface area contributed by atoms with Crippen molar-refractivity contribution in [2.45, 2.75) is 141 Å². The first-order chi connectivity index (χ1) is 12.9. The molecule has 0 aromatic rings. The summed E-state index contributed by atoms with van der Waals surface area (Å²) < 4.78 is 34.2. The zero-order valence-corrected chi connectivity index (χ0v) is 22.9. The maximum Gasteiger partial charge on any atom is 1.00 e. The van der Waals surface area contributed by atoms with Crippen molar-refractivity contribution in [1.82, 2.24) is 0 Å². The molecule has 2 unspecified atom stereocenters. The van der Waals surface area contributed by atoms with Crippen LogP contribution in [0.25, 0.3) is 0 Å². The third-order valence-electron chi connectivity index (χ3n) is 5.49. The molecule has 0 amide bonds. The average Bonchev–Trinajstić information content (AvgIpc) is 2.61. The van der Waals surface area contributed by atoms with Gasteiger partial charge in [0.1, 0.15) is 0 Å². The Kier molecular flexibility index (Phi) is 24.6. The van der Waals surface area contributed by atoms with Gasteiger partial charge in [-0.3, -0.25) is 0 Å². The van der Waals surface area contributed by atoms with Gasteiger partial charge in [-0.15, -0.1) is 0 Å². The molecule has 0 aromatic carbocycles. The molecular formula is C22H45KO4S. The van der Waals surface area contributed by atoms with Gasteiger partial charge in [0.15, 0.2) is 0 Å². The molecule has 0 saturated carbocycles. The van der Waals surface area contributed by atoms with Gasteiger partial charge in [-0.2, -0.15) is 0 Å². The summed E-state index contributed by atoms with van der Waals surface area (Å²) in [4.78, 5) is 0. The minimum absolute atomic E-state index is 0. The number of hydrogen-bond acceptors (Lipinski definition) is 4. The summed E-state index contributed by atoms with van der Waals surface area (Å²) in [5.41, 5.74) is 0. The summed E-state index contributed by atoms with van der Waals surface area (Å²) in [7, 11) is -4.22. The van der Waals surface area contributed by atoms with Crippen molar-refractivity contribution < 1.29 is 69.5 Å². The molecule has 6 heteroatoms. The van der Waals surface area contributed by atoms with Crippen molar-refractivity contribution in [3.63, 3.8) is 0 Å². The van der Waals surface area contributed by atoms with Crippen LogP contribution in [0, 0.1) is 0 Å². The third-order valence-corrected chi connectivity index (χ3v) is 6.78. The first-order valence-electron chi connectivity index (χ1n) is 11.5. The van der Waals surface area contributed by atoms with Crippen LogP contribution in [-0.2, 0) is 10.1 Å². The van der Waals surface area contributed by atoms with Gasteiger partial charge in [-0.25, -0.2) is 8.42 Å². The van der Waals surface area contributed by atoms with E-state index in [1.54, 1.807) is 0 Å². The van der Waals surface area contributed by atoms with Gasteiger partial charge in [0.25, 0.3) is 0 Å². The molecule has 0 aliphatic heterocycles. The van der Waals surface area contributed by atoms with Crippen molar-refractivity contribution in [2.75, 3.05) is 0 Å². The minimum atomic E-state index is -4.22. The zero-order chi connectivity index (χ0) is 20.4. The Bertz CT molecular complexity index is 415. The Hall–Kier alpha value is 1.51. The molecule has 0 saturated heterocycles. The Labute approximate surface area is 218 Å². The van der Waals surface area contributed by atoms with Crippen molar-refractivity contribution in [3.05, 3.63) is 0 Å². The van der Waals surface area contributed by atoms with Gasteiger partial charge in [0, 0.05) is 5.25 Å². The summed E-state index contributed by atoms with van der Waals surface area (Å²) in [5, 5.41) is 9.31. The van der Waals surface area contributed by atoms with Crippen LogP contribution in [0.3, 0.4) is 0 Å². The van der Waals surface area contributed by atoms with Crippen LogP contribution in [0.1, 0.15) is 129 Å². The Balaban J connectivity index is 0. The fourth-order valence-corrected chi connectivity index (χ4v) is 4.56. The first kappa shape index (κ1) is 31.7. The minimum Gasteiger partial charge on any atom is -0.748 e. The number of rotatable bonds is 20. The summed E-state index contributed by atoms with van der Waals surface area (Å²) in [5.74, 6) is 0. The van der Waals surface area contributed by atoms with E-state index in [0.29, 0.717) is 25.7 Å². The number of aliphatic hydroxyl groups excluding tert-OH is 1. The SMILES string of the molecule is CCCCCCCCCCCC(O)CCCC(CCCCCC)S(=O)(=O)[O-].[K+]. The van der Waals surface area contributed by atoms with Gasteiger partial charge in [0.2, 0.25) is 0 Å². The summed E-state index contributed by atoms with van der Waals surface area (Å²) in [6.45, 7) is 4.34. The summed E-state index contributed by atoms with van der Waals surface area (Å²) in [6, 6.07) is 0. The summed E-state index contributed by atoms with van der Waals surface area (Å²) >= 11 is 0. The standard InChI is InChI=1S/C22H46O4S.K/c1-3-5-7-9-10-11-12-13-14-17-21(23)18-16-20-22(27(24,25)26)19-15-8-6-4-2;/h21-23H,3-20H2,1-2H3,(H,24,25,26);/q;+1/p-1. The van der Waals surface area contributed by atoms with Gasteiger partial charge < -0.3 is 9.66 Å². The molecule has 2 atom stereocenters. The van der Waals surface area contributed by atoms with E-state index in [1.807, 2.05) is 0 Å². The molecule has 0 rings (SSSR count). The maximum absolute atomic E-state index is 11.4. The molecule has 4 nitrogen and oxygen atoms in total.